The zero-order valence-electron chi connectivity index (χ0n) is 17.2. The second-order valence-corrected chi connectivity index (χ2v) is 8.09. The van der Waals surface area contributed by atoms with Crippen molar-refractivity contribution in [3.05, 3.63) is 77.3 Å². The third-order valence-electron chi connectivity index (χ3n) is 5.35. The van der Waals surface area contributed by atoms with Crippen LogP contribution in [0.4, 0.5) is 15.6 Å². The normalized spacial score (nSPS) is 18.2. The maximum absolute atomic E-state index is 13.3. The van der Waals surface area contributed by atoms with Gasteiger partial charge in [0, 0.05) is 12.3 Å². The Balaban J connectivity index is 1.59. The van der Waals surface area contributed by atoms with Crippen LogP contribution in [0.25, 0.3) is 0 Å². The maximum Gasteiger partial charge on any atom is 0.325 e. The van der Waals surface area contributed by atoms with Crippen molar-refractivity contribution in [2.75, 3.05) is 4.90 Å². The van der Waals surface area contributed by atoms with Crippen LogP contribution in [0, 0.1) is 0 Å². The van der Waals surface area contributed by atoms with Gasteiger partial charge in [-0.05, 0) is 24.1 Å². The number of para-hydroxylation sites is 1. The fraction of sp³-hybridized carbons (Fsp3) is 0.217. The number of aromatic nitrogens is 1. The molecule has 4 rings (SSSR count). The zero-order valence-corrected chi connectivity index (χ0v) is 18.1. The second kappa shape index (κ2) is 8.31. The van der Waals surface area contributed by atoms with E-state index in [1.807, 2.05) is 67.6 Å². The molecule has 1 aromatic heterocycles. The molecule has 0 radical (unpaired) electrons. The summed E-state index contributed by atoms with van der Waals surface area (Å²) in [5.74, 6) is -0.469. The minimum atomic E-state index is -1.08. The number of carbonyl (C=O) groups is 3. The number of urea groups is 1. The summed E-state index contributed by atoms with van der Waals surface area (Å²) < 4.78 is 0. The molecule has 1 saturated heterocycles. The van der Waals surface area contributed by atoms with E-state index >= 15 is 0 Å². The van der Waals surface area contributed by atoms with Gasteiger partial charge < -0.3 is 5.32 Å². The standard InChI is InChI=1S/C23H22N4O3S/c1-3-23(17-10-6-4-7-11-17)20(29)26(21(30)25-23)14-18-15-31-22(24-18)27(16(2)28)19-12-8-5-9-13-19/h4-13,15H,3,14H2,1-2H3,(H,25,30). The second-order valence-electron chi connectivity index (χ2n) is 7.26. The van der Waals surface area contributed by atoms with Gasteiger partial charge in [0.05, 0.1) is 17.9 Å². The Morgan fingerprint density at radius 2 is 1.74 bits per heavy atom. The van der Waals surface area contributed by atoms with Crippen LogP contribution in [0.3, 0.4) is 0 Å². The summed E-state index contributed by atoms with van der Waals surface area (Å²) in [5, 5.41) is 5.13. The Morgan fingerprint density at radius 3 is 2.35 bits per heavy atom. The van der Waals surface area contributed by atoms with E-state index in [-0.39, 0.29) is 18.4 Å². The number of rotatable bonds is 6. The van der Waals surface area contributed by atoms with Gasteiger partial charge in [-0.25, -0.2) is 9.78 Å². The summed E-state index contributed by atoms with van der Waals surface area (Å²) >= 11 is 1.29. The average molecular weight is 435 g/mol. The molecule has 3 aromatic rings. The van der Waals surface area contributed by atoms with Crippen LogP contribution < -0.4 is 10.2 Å². The molecular weight excluding hydrogens is 412 g/mol. The van der Waals surface area contributed by atoms with Crippen LogP contribution in [-0.4, -0.2) is 27.7 Å². The number of nitrogens with one attached hydrogen (secondary N) is 1. The molecule has 1 aliphatic heterocycles. The molecule has 2 heterocycles. The lowest BCUT2D eigenvalue weighted by atomic mass is 9.87. The van der Waals surface area contributed by atoms with E-state index < -0.39 is 11.6 Å². The van der Waals surface area contributed by atoms with E-state index in [1.165, 1.54) is 28.1 Å². The van der Waals surface area contributed by atoms with Crippen LogP contribution in [0.15, 0.2) is 66.0 Å². The minimum Gasteiger partial charge on any atom is -0.319 e. The van der Waals surface area contributed by atoms with E-state index in [0.717, 1.165) is 5.56 Å². The lowest BCUT2D eigenvalue weighted by Gasteiger charge is -2.25. The van der Waals surface area contributed by atoms with Gasteiger partial charge in [0.2, 0.25) is 5.91 Å². The largest absolute Gasteiger partial charge is 0.325 e. The first-order chi connectivity index (χ1) is 15.0. The van der Waals surface area contributed by atoms with Gasteiger partial charge in [-0.15, -0.1) is 11.3 Å². The SMILES string of the molecule is CCC1(c2ccccc2)NC(=O)N(Cc2csc(N(C(C)=O)c3ccccc3)n2)C1=O. The Labute approximate surface area is 184 Å². The quantitative estimate of drug-likeness (QED) is 0.590. The fourth-order valence-corrected chi connectivity index (χ4v) is 4.65. The molecule has 1 N–H and O–H groups in total. The van der Waals surface area contributed by atoms with Crippen molar-refractivity contribution in [3.8, 4) is 0 Å². The highest BCUT2D eigenvalue weighted by Gasteiger charge is 2.51. The van der Waals surface area contributed by atoms with Crippen molar-refractivity contribution in [2.45, 2.75) is 32.4 Å². The van der Waals surface area contributed by atoms with Crippen LogP contribution in [0.2, 0.25) is 0 Å². The van der Waals surface area contributed by atoms with Gasteiger partial charge in [-0.3, -0.25) is 19.4 Å². The Bertz CT molecular complexity index is 1120. The van der Waals surface area contributed by atoms with Crippen LogP contribution in [-0.2, 0) is 21.7 Å². The molecule has 31 heavy (non-hydrogen) atoms. The molecule has 8 heteroatoms. The smallest absolute Gasteiger partial charge is 0.319 e. The summed E-state index contributed by atoms with van der Waals surface area (Å²) in [6.07, 6.45) is 0.437. The van der Waals surface area contributed by atoms with Crippen molar-refractivity contribution in [1.29, 1.82) is 0 Å². The molecule has 0 saturated carbocycles. The third-order valence-corrected chi connectivity index (χ3v) is 6.23. The van der Waals surface area contributed by atoms with Gasteiger partial charge in [0.15, 0.2) is 5.13 Å². The summed E-state index contributed by atoms with van der Waals surface area (Å²) in [7, 11) is 0. The number of carbonyl (C=O) groups excluding carboxylic acids is 3. The highest BCUT2D eigenvalue weighted by molar-refractivity contribution is 7.14. The van der Waals surface area contributed by atoms with Crippen molar-refractivity contribution in [1.82, 2.24) is 15.2 Å². The molecule has 0 spiro atoms. The first-order valence-electron chi connectivity index (χ1n) is 9.96. The van der Waals surface area contributed by atoms with Crippen LogP contribution in [0.5, 0.6) is 0 Å². The summed E-state index contributed by atoms with van der Waals surface area (Å²) in [4.78, 5) is 45.5. The van der Waals surface area contributed by atoms with Gasteiger partial charge in [-0.1, -0.05) is 55.5 Å². The number of nitrogens with zero attached hydrogens (tertiary/aromatic N) is 3. The average Bonchev–Trinajstić information content (AvgIpc) is 3.33. The first kappa shape index (κ1) is 20.7. The predicted molar refractivity (Wildman–Crippen MR) is 119 cm³/mol. The predicted octanol–water partition coefficient (Wildman–Crippen LogP) is 4.19. The molecule has 1 unspecified atom stereocenters. The van der Waals surface area contributed by atoms with E-state index in [0.29, 0.717) is 22.9 Å². The van der Waals surface area contributed by atoms with E-state index in [1.54, 1.807) is 5.38 Å². The topological polar surface area (TPSA) is 82.6 Å². The molecule has 158 valence electrons. The number of hydrogen-bond donors (Lipinski definition) is 1. The summed E-state index contributed by atoms with van der Waals surface area (Å²) in [5.41, 5.74) is 0.932. The molecular formula is C23H22N4O3S. The molecule has 1 atom stereocenters. The number of anilines is 2. The molecule has 7 nitrogen and oxygen atoms in total. The lowest BCUT2D eigenvalue weighted by molar-refractivity contribution is -0.132. The van der Waals surface area contributed by atoms with Crippen LogP contribution >= 0.6 is 11.3 Å². The van der Waals surface area contributed by atoms with Crippen molar-refractivity contribution in [3.63, 3.8) is 0 Å². The van der Waals surface area contributed by atoms with E-state index in [9.17, 15) is 14.4 Å². The van der Waals surface area contributed by atoms with Crippen LogP contribution in [0.1, 0.15) is 31.5 Å². The highest BCUT2D eigenvalue weighted by Crippen LogP contribution is 2.34. The maximum atomic E-state index is 13.3. The first-order valence-corrected chi connectivity index (χ1v) is 10.8. The number of amides is 4. The van der Waals surface area contributed by atoms with Gasteiger partial charge in [0.1, 0.15) is 5.54 Å². The van der Waals surface area contributed by atoms with Crippen molar-refractivity contribution >= 4 is 40.0 Å². The van der Waals surface area contributed by atoms with Gasteiger partial charge in [0.25, 0.3) is 5.91 Å². The van der Waals surface area contributed by atoms with Crippen molar-refractivity contribution < 1.29 is 14.4 Å². The molecule has 1 fully saturated rings. The fourth-order valence-electron chi connectivity index (χ4n) is 3.77. The Morgan fingerprint density at radius 1 is 1.10 bits per heavy atom. The third kappa shape index (κ3) is 3.70. The Kier molecular flexibility index (Phi) is 5.56. The number of hydrogen-bond acceptors (Lipinski definition) is 5. The number of benzene rings is 2. The monoisotopic (exact) mass is 434 g/mol. The Hall–Kier alpha value is -3.52. The molecule has 0 aliphatic carbocycles. The lowest BCUT2D eigenvalue weighted by Crippen LogP contribution is -2.43. The number of imide groups is 1. The highest BCUT2D eigenvalue weighted by atomic mass is 32.1. The van der Waals surface area contributed by atoms with Gasteiger partial charge in [-0.2, -0.15) is 0 Å². The molecule has 1 aliphatic rings. The summed E-state index contributed by atoms with van der Waals surface area (Å²) in [6, 6.07) is 18.0. The minimum absolute atomic E-state index is 0.0380. The number of thiazole rings is 1. The molecule has 2 aromatic carbocycles. The van der Waals surface area contributed by atoms with E-state index in [2.05, 4.69) is 10.3 Å². The van der Waals surface area contributed by atoms with Gasteiger partial charge >= 0.3 is 6.03 Å². The van der Waals surface area contributed by atoms with E-state index in [4.69, 9.17) is 0 Å². The zero-order chi connectivity index (χ0) is 22.0. The molecule has 4 amide bonds. The molecule has 0 bridgehead atoms. The summed E-state index contributed by atoms with van der Waals surface area (Å²) in [6.45, 7) is 3.39. The van der Waals surface area contributed by atoms with Crippen molar-refractivity contribution in [2.24, 2.45) is 0 Å².